The van der Waals surface area contributed by atoms with Crippen LogP contribution in [-0.4, -0.2) is 36.0 Å². The van der Waals surface area contributed by atoms with Crippen molar-refractivity contribution in [3.05, 3.63) is 11.3 Å². The molecule has 19 heavy (non-hydrogen) atoms. The second-order valence-corrected chi connectivity index (χ2v) is 4.75. The topological polar surface area (TPSA) is 69.7 Å². The minimum Gasteiger partial charge on any atom is -0.868 e. The molecule has 1 amide bonds. The van der Waals surface area contributed by atoms with Gasteiger partial charge in [-0.15, -0.1) is 0 Å². The molecule has 0 bridgehead atoms. The molecule has 1 fully saturated rings. The summed E-state index contributed by atoms with van der Waals surface area (Å²) in [4.78, 5) is 25.0. The van der Waals surface area contributed by atoms with Gasteiger partial charge in [0.25, 0.3) is 0 Å². The number of rotatable bonds is 3. The molecule has 1 saturated carbocycles. The number of esters is 1. The number of ether oxygens (including phenoxy) is 1. The average molecular weight is 275 g/mol. The molecule has 0 radical (unpaired) electrons. The summed E-state index contributed by atoms with van der Waals surface area (Å²) in [7, 11) is 0. The Morgan fingerprint density at radius 1 is 1.37 bits per heavy atom. The monoisotopic (exact) mass is 275 g/mol. The molecule has 0 unspecified atom stereocenters. The molecule has 100 valence electrons. The molecule has 0 aromatic heterocycles. The Labute approximate surface area is 135 Å². The molecule has 0 aromatic carbocycles. The maximum absolute atomic E-state index is 11.9. The van der Waals surface area contributed by atoms with E-state index in [9.17, 15) is 14.7 Å². The van der Waals surface area contributed by atoms with Crippen LogP contribution >= 0.6 is 0 Å². The van der Waals surface area contributed by atoms with E-state index in [0.29, 0.717) is 0 Å². The van der Waals surface area contributed by atoms with Crippen LogP contribution in [0.25, 0.3) is 0 Å². The first-order chi connectivity index (χ1) is 8.65. The van der Waals surface area contributed by atoms with Gasteiger partial charge in [0.05, 0.1) is 18.7 Å². The van der Waals surface area contributed by atoms with Crippen molar-refractivity contribution in [1.29, 1.82) is 0 Å². The summed E-state index contributed by atoms with van der Waals surface area (Å²) in [6, 6.07) is 0.113. The van der Waals surface area contributed by atoms with E-state index < -0.39 is 17.6 Å². The van der Waals surface area contributed by atoms with Gasteiger partial charge in [0.2, 0.25) is 5.91 Å². The maximum atomic E-state index is 11.9. The van der Waals surface area contributed by atoms with Crippen molar-refractivity contribution >= 4 is 11.9 Å². The van der Waals surface area contributed by atoms with Crippen molar-refractivity contribution in [2.24, 2.45) is 0 Å². The predicted octanol–water partition coefficient (Wildman–Crippen LogP) is -2.66. The zero-order chi connectivity index (χ0) is 13.1. The third-order valence-electron chi connectivity index (χ3n) is 3.59. The quantitative estimate of drug-likeness (QED) is 0.416. The van der Waals surface area contributed by atoms with E-state index in [2.05, 4.69) is 0 Å². The SMILES string of the molecule is CCOC(=O)C1=C([O-])C(=O)N(C2CCCCC2)C1.[Na+]. The van der Waals surface area contributed by atoms with Crippen molar-refractivity contribution in [2.45, 2.75) is 45.1 Å². The smallest absolute Gasteiger partial charge is 0.868 e. The van der Waals surface area contributed by atoms with Crippen molar-refractivity contribution in [2.75, 3.05) is 13.2 Å². The normalized spacial score (nSPS) is 20.5. The number of carbonyl (C=O) groups excluding carboxylic acids is 2. The number of nitrogens with zero attached hydrogens (tertiary/aromatic N) is 1. The summed E-state index contributed by atoms with van der Waals surface area (Å²) >= 11 is 0. The minimum absolute atomic E-state index is 0. The van der Waals surface area contributed by atoms with Gasteiger partial charge < -0.3 is 14.7 Å². The Kier molecular flexibility index (Phi) is 6.36. The van der Waals surface area contributed by atoms with Crippen LogP contribution in [0.2, 0.25) is 0 Å². The Bertz CT molecular complexity index is 388. The van der Waals surface area contributed by atoms with E-state index in [4.69, 9.17) is 4.74 Å². The Hall–Kier alpha value is -0.520. The van der Waals surface area contributed by atoms with Gasteiger partial charge in [-0.05, 0) is 25.5 Å². The van der Waals surface area contributed by atoms with Gasteiger partial charge >= 0.3 is 35.5 Å². The Morgan fingerprint density at radius 2 is 2.00 bits per heavy atom. The number of hydrogen-bond acceptors (Lipinski definition) is 4. The van der Waals surface area contributed by atoms with E-state index in [1.165, 1.54) is 6.42 Å². The molecule has 0 spiro atoms. The third-order valence-corrected chi connectivity index (χ3v) is 3.59. The molecule has 6 heteroatoms. The van der Waals surface area contributed by atoms with Gasteiger partial charge in [-0.25, -0.2) is 4.79 Å². The van der Waals surface area contributed by atoms with Crippen LogP contribution in [0.15, 0.2) is 11.3 Å². The van der Waals surface area contributed by atoms with E-state index >= 15 is 0 Å². The van der Waals surface area contributed by atoms with Crippen LogP contribution in [0.4, 0.5) is 0 Å². The minimum atomic E-state index is -0.681. The van der Waals surface area contributed by atoms with Gasteiger partial charge in [0.15, 0.2) is 0 Å². The second kappa shape index (κ2) is 7.31. The molecule has 1 heterocycles. The van der Waals surface area contributed by atoms with Gasteiger partial charge in [-0.1, -0.05) is 19.3 Å². The van der Waals surface area contributed by atoms with Gasteiger partial charge in [0, 0.05) is 6.04 Å². The molecule has 1 aliphatic heterocycles. The standard InChI is InChI=1S/C13H19NO4.Na/c1-2-18-13(17)10-8-14(12(16)11(10)15)9-6-4-3-5-7-9;/h9,15H,2-8H2,1H3;/q;+1/p-1. The molecular formula is C13H18NNaO4. The summed E-state index contributed by atoms with van der Waals surface area (Å²) in [6.45, 7) is 2.02. The molecule has 5 nitrogen and oxygen atoms in total. The zero-order valence-corrected chi connectivity index (χ0v) is 13.6. The van der Waals surface area contributed by atoms with Crippen molar-refractivity contribution in [3.8, 4) is 0 Å². The van der Waals surface area contributed by atoms with E-state index in [1.54, 1.807) is 11.8 Å². The number of carbonyl (C=O) groups is 2. The molecule has 0 atom stereocenters. The number of amides is 1. The summed E-state index contributed by atoms with van der Waals surface area (Å²) in [5.74, 6) is -1.86. The Balaban J connectivity index is 0.00000180. The van der Waals surface area contributed by atoms with Crippen molar-refractivity contribution in [1.82, 2.24) is 4.90 Å². The first-order valence-electron chi connectivity index (χ1n) is 6.53. The van der Waals surface area contributed by atoms with Gasteiger partial charge in [-0.2, -0.15) is 0 Å². The fourth-order valence-corrected chi connectivity index (χ4v) is 2.64. The summed E-state index contributed by atoms with van der Waals surface area (Å²) in [6.07, 6.45) is 5.19. The second-order valence-electron chi connectivity index (χ2n) is 4.75. The van der Waals surface area contributed by atoms with Crippen molar-refractivity contribution in [3.63, 3.8) is 0 Å². The average Bonchev–Trinajstić information content (AvgIpc) is 2.68. The van der Waals surface area contributed by atoms with E-state index in [-0.39, 0.29) is 54.3 Å². The summed E-state index contributed by atoms with van der Waals surface area (Å²) in [5, 5.41) is 11.7. The molecule has 0 N–H and O–H groups in total. The fraction of sp³-hybridized carbons (Fsp3) is 0.692. The molecule has 0 saturated heterocycles. The zero-order valence-electron chi connectivity index (χ0n) is 11.6. The van der Waals surface area contributed by atoms with Crippen LogP contribution in [-0.2, 0) is 14.3 Å². The molecular weight excluding hydrogens is 257 g/mol. The molecule has 1 aliphatic carbocycles. The molecule has 0 aromatic rings. The van der Waals surface area contributed by atoms with Crippen LogP contribution in [0, 0.1) is 0 Å². The predicted molar refractivity (Wildman–Crippen MR) is 62.2 cm³/mol. The largest absolute Gasteiger partial charge is 1.00 e. The molecule has 2 rings (SSSR count). The van der Waals surface area contributed by atoms with E-state index in [0.717, 1.165) is 25.7 Å². The Morgan fingerprint density at radius 3 is 2.58 bits per heavy atom. The van der Waals surface area contributed by atoms with Crippen molar-refractivity contribution < 1.29 is 49.0 Å². The number of hydrogen-bond donors (Lipinski definition) is 0. The van der Waals surface area contributed by atoms with E-state index in [1.807, 2.05) is 0 Å². The first-order valence-corrected chi connectivity index (χ1v) is 6.53. The van der Waals surface area contributed by atoms with Crippen LogP contribution < -0.4 is 34.7 Å². The van der Waals surface area contributed by atoms with Crippen LogP contribution in [0.1, 0.15) is 39.0 Å². The first kappa shape index (κ1) is 16.5. The molecule has 2 aliphatic rings. The third kappa shape index (κ3) is 3.52. The van der Waals surface area contributed by atoms with Gasteiger partial charge in [0.1, 0.15) is 0 Å². The fourth-order valence-electron chi connectivity index (χ4n) is 2.64. The van der Waals surface area contributed by atoms with Gasteiger partial charge in [-0.3, -0.25) is 4.79 Å². The van der Waals surface area contributed by atoms with Crippen LogP contribution in [0.5, 0.6) is 0 Å². The van der Waals surface area contributed by atoms with Crippen LogP contribution in [0.3, 0.4) is 0 Å². The summed E-state index contributed by atoms with van der Waals surface area (Å²) in [5.41, 5.74) is -0.00702. The maximum Gasteiger partial charge on any atom is 1.00 e. The summed E-state index contributed by atoms with van der Waals surface area (Å²) < 4.78 is 4.80.